The molecule has 0 aromatic carbocycles. The summed E-state index contributed by atoms with van der Waals surface area (Å²) in [5, 5.41) is 20.0. The number of H-pyrrole nitrogens is 1. The molecule has 0 bridgehead atoms. The molecule has 0 radical (unpaired) electrons. The normalized spacial score (nSPS) is 10.0. The van der Waals surface area contributed by atoms with E-state index < -0.39 is 0 Å². The van der Waals surface area contributed by atoms with Crippen LogP contribution < -0.4 is 0 Å². The van der Waals surface area contributed by atoms with Crippen LogP contribution >= 0.6 is 0 Å². The summed E-state index contributed by atoms with van der Waals surface area (Å²) in [4.78, 5) is 1.24. The smallest absolute Gasteiger partial charge is 0.173 e. The third-order valence-electron chi connectivity index (χ3n) is 0.991. The van der Waals surface area contributed by atoms with Crippen molar-refractivity contribution < 1.29 is 0 Å². The Kier molecular flexibility index (Phi) is 0.938. The summed E-state index contributed by atoms with van der Waals surface area (Å²) in [6, 6.07) is 1.71. The lowest BCUT2D eigenvalue weighted by molar-refractivity contribution is 0.689. The van der Waals surface area contributed by atoms with Gasteiger partial charge in [-0.2, -0.15) is 5.10 Å². The molecule has 2 aromatic rings. The topological polar surface area (TPSA) is 85.2 Å². The quantitative estimate of drug-likeness (QED) is 0.532. The molecule has 0 aliphatic carbocycles. The molecule has 0 saturated heterocycles. The van der Waals surface area contributed by atoms with Crippen LogP contribution in [0.4, 0.5) is 0 Å². The fourth-order valence-electron chi connectivity index (χ4n) is 0.586. The van der Waals surface area contributed by atoms with E-state index in [-0.39, 0.29) is 0 Å². The predicted octanol–water partition coefficient (Wildman–Crippen LogP) is -1.22. The maximum absolute atomic E-state index is 3.70. The fourth-order valence-corrected chi connectivity index (χ4v) is 0.586. The summed E-state index contributed by atoms with van der Waals surface area (Å²) in [6.07, 6.45) is 1.60. The highest BCUT2D eigenvalue weighted by Crippen LogP contribution is 1.92. The van der Waals surface area contributed by atoms with Crippen LogP contribution in [0.15, 0.2) is 12.3 Å². The Morgan fingerprint density at radius 2 is 2.10 bits per heavy atom. The van der Waals surface area contributed by atoms with Crippen molar-refractivity contribution in [2.45, 2.75) is 0 Å². The number of nitrogens with zero attached hydrogens (tertiary/aromatic N) is 6. The molecular weight excluding hydrogens is 134 g/mol. The van der Waals surface area contributed by atoms with Gasteiger partial charge in [0.25, 0.3) is 0 Å². The molecule has 2 aromatic heterocycles. The summed E-state index contributed by atoms with van der Waals surface area (Å²) < 4.78 is 0. The molecule has 0 aliphatic heterocycles. The molecule has 0 fully saturated rings. The first kappa shape index (κ1) is 5.03. The summed E-state index contributed by atoms with van der Waals surface area (Å²) in [5.41, 5.74) is 0. The van der Waals surface area contributed by atoms with Gasteiger partial charge >= 0.3 is 0 Å². The predicted molar refractivity (Wildman–Crippen MR) is 29.1 cm³/mol. The van der Waals surface area contributed by atoms with Crippen LogP contribution in [0.2, 0.25) is 0 Å². The minimum Gasteiger partial charge on any atom is -0.260 e. The van der Waals surface area contributed by atoms with Gasteiger partial charge in [-0.1, -0.05) is 4.80 Å². The molecule has 0 unspecified atom stereocenters. The Morgan fingerprint density at radius 3 is 2.70 bits per heavy atom. The van der Waals surface area contributed by atoms with Gasteiger partial charge in [0.2, 0.25) is 0 Å². The molecule has 2 heterocycles. The zero-order valence-corrected chi connectivity index (χ0v) is 4.84. The summed E-state index contributed by atoms with van der Waals surface area (Å²) in [7, 11) is 0. The van der Waals surface area contributed by atoms with E-state index in [2.05, 4.69) is 31.1 Å². The Balaban J connectivity index is 2.48. The molecule has 7 nitrogen and oxygen atoms in total. The Labute approximate surface area is 55.0 Å². The number of aromatic nitrogens is 7. The highest BCUT2D eigenvalue weighted by Gasteiger charge is 1.97. The SMILES string of the molecule is c1cc(-n2nnnn2)[nH]n1. The van der Waals surface area contributed by atoms with Crippen LogP contribution in [0.3, 0.4) is 0 Å². The van der Waals surface area contributed by atoms with Crippen LogP contribution in [0.25, 0.3) is 5.82 Å². The number of rotatable bonds is 1. The summed E-state index contributed by atoms with van der Waals surface area (Å²) in [6.45, 7) is 0. The monoisotopic (exact) mass is 137 g/mol. The average Bonchev–Trinajstić information content (AvgIpc) is 2.59. The van der Waals surface area contributed by atoms with Crippen molar-refractivity contribution >= 4 is 0 Å². The van der Waals surface area contributed by atoms with Gasteiger partial charge in [0.15, 0.2) is 5.82 Å². The molecular formula is C3H3N7. The Morgan fingerprint density at radius 1 is 1.30 bits per heavy atom. The first-order valence-corrected chi connectivity index (χ1v) is 2.58. The van der Waals surface area contributed by atoms with Gasteiger partial charge < -0.3 is 0 Å². The fraction of sp³-hybridized carbons (Fsp3) is 0. The van der Waals surface area contributed by atoms with Crippen molar-refractivity contribution in [1.82, 2.24) is 35.8 Å². The van der Waals surface area contributed by atoms with E-state index in [0.717, 1.165) is 0 Å². The zero-order valence-electron chi connectivity index (χ0n) is 4.84. The number of hydrogen-bond acceptors (Lipinski definition) is 5. The molecule has 50 valence electrons. The highest BCUT2D eigenvalue weighted by molar-refractivity contribution is 5.12. The van der Waals surface area contributed by atoms with Crippen LogP contribution in [0.5, 0.6) is 0 Å². The standard InChI is InChI=1S/C3H3N7/c1-2-4-5-3(1)10-8-6-7-9-10/h1-2H,(H,4,5). The largest absolute Gasteiger partial charge is 0.260 e. The van der Waals surface area contributed by atoms with Crippen molar-refractivity contribution in [2.75, 3.05) is 0 Å². The van der Waals surface area contributed by atoms with E-state index in [1.165, 1.54) is 4.80 Å². The molecule has 0 atom stereocenters. The van der Waals surface area contributed by atoms with Crippen LogP contribution in [-0.4, -0.2) is 35.8 Å². The van der Waals surface area contributed by atoms with Crippen molar-refractivity contribution in [3.05, 3.63) is 12.3 Å². The van der Waals surface area contributed by atoms with Gasteiger partial charge in [-0.05, 0) is 20.9 Å². The average molecular weight is 137 g/mol. The molecule has 7 heteroatoms. The maximum atomic E-state index is 3.70. The maximum Gasteiger partial charge on any atom is 0.173 e. The molecule has 0 spiro atoms. The molecule has 1 N–H and O–H groups in total. The van der Waals surface area contributed by atoms with Crippen LogP contribution in [0, 0.1) is 0 Å². The first-order chi connectivity index (χ1) is 4.97. The molecule has 10 heavy (non-hydrogen) atoms. The molecule has 0 amide bonds. The zero-order chi connectivity index (χ0) is 6.81. The Bertz CT molecular complexity index is 248. The Hall–Kier alpha value is -1.79. The van der Waals surface area contributed by atoms with E-state index in [4.69, 9.17) is 0 Å². The lowest BCUT2D eigenvalue weighted by Crippen LogP contribution is -1.99. The number of aromatic amines is 1. The van der Waals surface area contributed by atoms with Crippen molar-refractivity contribution in [3.63, 3.8) is 0 Å². The minimum absolute atomic E-state index is 0.644. The van der Waals surface area contributed by atoms with E-state index >= 15 is 0 Å². The van der Waals surface area contributed by atoms with Crippen molar-refractivity contribution in [3.8, 4) is 5.82 Å². The molecule has 2 rings (SSSR count). The van der Waals surface area contributed by atoms with E-state index in [1.807, 2.05) is 0 Å². The number of hydrogen-bond donors (Lipinski definition) is 1. The van der Waals surface area contributed by atoms with E-state index in [0.29, 0.717) is 5.82 Å². The van der Waals surface area contributed by atoms with Gasteiger partial charge in [-0.3, -0.25) is 5.10 Å². The second kappa shape index (κ2) is 1.87. The third-order valence-corrected chi connectivity index (χ3v) is 0.991. The second-order valence-corrected chi connectivity index (χ2v) is 1.59. The summed E-state index contributed by atoms with van der Waals surface area (Å²) >= 11 is 0. The van der Waals surface area contributed by atoms with E-state index in [9.17, 15) is 0 Å². The van der Waals surface area contributed by atoms with Crippen LogP contribution in [0.1, 0.15) is 0 Å². The minimum atomic E-state index is 0.644. The van der Waals surface area contributed by atoms with Gasteiger partial charge in [-0.15, -0.1) is 0 Å². The third kappa shape index (κ3) is 0.642. The molecule has 0 saturated carbocycles. The van der Waals surface area contributed by atoms with Crippen molar-refractivity contribution in [2.24, 2.45) is 0 Å². The first-order valence-electron chi connectivity index (χ1n) is 2.58. The van der Waals surface area contributed by atoms with Gasteiger partial charge in [0.1, 0.15) is 0 Å². The highest BCUT2D eigenvalue weighted by atomic mass is 15.7. The number of nitrogens with one attached hydrogen (secondary N) is 1. The van der Waals surface area contributed by atoms with Gasteiger partial charge in [0, 0.05) is 6.07 Å². The molecule has 0 aliphatic rings. The van der Waals surface area contributed by atoms with Gasteiger partial charge in [0.05, 0.1) is 6.20 Å². The summed E-state index contributed by atoms with van der Waals surface area (Å²) in [5.74, 6) is 0.644. The lowest BCUT2D eigenvalue weighted by atomic mass is 10.7. The van der Waals surface area contributed by atoms with Crippen LogP contribution in [-0.2, 0) is 0 Å². The second-order valence-electron chi connectivity index (χ2n) is 1.59. The lowest BCUT2D eigenvalue weighted by Gasteiger charge is -1.85. The van der Waals surface area contributed by atoms with E-state index in [1.54, 1.807) is 12.3 Å². The van der Waals surface area contributed by atoms with Crippen molar-refractivity contribution in [1.29, 1.82) is 0 Å². The van der Waals surface area contributed by atoms with Gasteiger partial charge in [-0.25, -0.2) is 0 Å².